The zero-order valence-electron chi connectivity index (χ0n) is 18.8. The summed E-state index contributed by atoms with van der Waals surface area (Å²) in [5.74, 6) is 2.52. The van der Waals surface area contributed by atoms with Gasteiger partial charge in [-0.25, -0.2) is 15.0 Å². The summed E-state index contributed by atoms with van der Waals surface area (Å²) in [6, 6.07) is 5.81. The average molecular weight is 435 g/mol. The summed E-state index contributed by atoms with van der Waals surface area (Å²) in [4.78, 5) is 29.4. The van der Waals surface area contributed by atoms with E-state index in [0.717, 1.165) is 72.8 Å². The summed E-state index contributed by atoms with van der Waals surface area (Å²) in [7, 11) is 1.62. The number of imidazole rings is 1. The van der Waals surface area contributed by atoms with Crippen molar-refractivity contribution in [3.63, 3.8) is 0 Å². The second-order valence-electron chi connectivity index (χ2n) is 8.84. The number of fused-ring (bicyclic) bond motifs is 3. The molecule has 1 N–H and O–H groups in total. The van der Waals surface area contributed by atoms with E-state index in [0.29, 0.717) is 12.3 Å². The van der Waals surface area contributed by atoms with Crippen LogP contribution in [0.15, 0.2) is 24.5 Å². The maximum absolute atomic E-state index is 13.1. The van der Waals surface area contributed by atoms with Gasteiger partial charge in [0, 0.05) is 26.1 Å². The lowest BCUT2D eigenvalue weighted by molar-refractivity contribution is -0.120. The van der Waals surface area contributed by atoms with Crippen LogP contribution in [0, 0.1) is 12.8 Å². The third kappa shape index (κ3) is 3.89. The van der Waals surface area contributed by atoms with Crippen molar-refractivity contribution in [1.29, 1.82) is 0 Å². The highest BCUT2D eigenvalue weighted by Gasteiger charge is 2.29. The second kappa shape index (κ2) is 8.76. The minimum absolute atomic E-state index is 0.0181. The van der Waals surface area contributed by atoms with Gasteiger partial charge in [0.05, 0.1) is 18.7 Å². The van der Waals surface area contributed by atoms with Gasteiger partial charge < -0.3 is 19.5 Å². The van der Waals surface area contributed by atoms with E-state index in [1.165, 1.54) is 12.8 Å². The molecular formula is C24H30N6O2. The number of carbonyl (C=O) groups is 1. The van der Waals surface area contributed by atoms with E-state index in [1.54, 1.807) is 13.4 Å². The molecule has 1 fully saturated rings. The van der Waals surface area contributed by atoms with Crippen molar-refractivity contribution in [2.75, 3.05) is 30.4 Å². The van der Waals surface area contributed by atoms with Gasteiger partial charge in [-0.3, -0.25) is 4.79 Å². The van der Waals surface area contributed by atoms with E-state index in [2.05, 4.69) is 24.8 Å². The van der Waals surface area contributed by atoms with E-state index in [-0.39, 0.29) is 11.8 Å². The number of ether oxygens (including phenoxy) is 1. The lowest BCUT2D eigenvalue weighted by Gasteiger charge is -2.33. The zero-order valence-corrected chi connectivity index (χ0v) is 18.8. The monoisotopic (exact) mass is 434 g/mol. The fourth-order valence-corrected chi connectivity index (χ4v) is 4.89. The van der Waals surface area contributed by atoms with E-state index in [1.807, 2.05) is 25.1 Å². The number of hydrogen-bond acceptors (Lipinski definition) is 6. The molecular weight excluding hydrogens is 404 g/mol. The Morgan fingerprint density at radius 3 is 2.94 bits per heavy atom. The van der Waals surface area contributed by atoms with Crippen LogP contribution in [0.3, 0.4) is 0 Å². The third-order valence-corrected chi connectivity index (χ3v) is 6.58. The Hall–Kier alpha value is -3.16. The van der Waals surface area contributed by atoms with Gasteiger partial charge in [-0.1, -0.05) is 12.5 Å². The first kappa shape index (κ1) is 20.7. The maximum Gasteiger partial charge on any atom is 0.229 e. The maximum atomic E-state index is 13.1. The molecule has 1 amide bonds. The van der Waals surface area contributed by atoms with Crippen LogP contribution < -0.4 is 15.0 Å². The van der Waals surface area contributed by atoms with Crippen LogP contribution in [-0.2, 0) is 17.8 Å². The van der Waals surface area contributed by atoms with E-state index in [4.69, 9.17) is 9.72 Å². The Morgan fingerprint density at radius 1 is 1.16 bits per heavy atom. The van der Waals surface area contributed by atoms with Gasteiger partial charge in [-0.15, -0.1) is 0 Å². The quantitative estimate of drug-likeness (QED) is 0.674. The summed E-state index contributed by atoms with van der Waals surface area (Å²) < 4.78 is 7.68. The minimum Gasteiger partial charge on any atom is -0.495 e. The highest BCUT2D eigenvalue weighted by atomic mass is 16.5. The Balaban J connectivity index is 1.38. The van der Waals surface area contributed by atoms with Crippen LogP contribution in [0.4, 0.5) is 11.5 Å². The summed E-state index contributed by atoms with van der Waals surface area (Å²) in [5, 5.41) is 3.08. The molecule has 5 rings (SSSR count). The van der Waals surface area contributed by atoms with Gasteiger partial charge >= 0.3 is 0 Å². The summed E-state index contributed by atoms with van der Waals surface area (Å²) in [5.41, 5.74) is 3.58. The van der Waals surface area contributed by atoms with Gasteiger partial charge in [0.2, 0.25) is 5.91 Å². The lowest BCUT2D eigenvalue weighted by atomic mass is 9.97. The van der Waals surface area contributed by atoms with E-state index >= 15 is 0 Å². The van der Waals surface area contributed by atoms with Crippen molar-refractivity contribution >= 4 is 28.6 Å². The van der Waals surface area contributed by atoms with E-state index < -0.39 is 0 Å². The van der Waals surface area contributed by atoms with Crippen LogP contribution in [0.5, 0.6) is 5.75 Å². The normalized spacial score (nSPS) is 18.8. The van der Waals surface area contributed by atoms with Crippen molar-refractivity contribution in [3.8, 4) is 5.75 Å². The Bertz CT molecular complexity index is 1140. The van der Waals surface area contributed by atoms with Crippen LogP contribution in [0.2, 0.25) is 0 Å². The summed E-state index contributed by atoms with van der Waals surface area (Å²) >= 11 is 0. The Kier molecular flexibility index (Phi) is 5.68. The largest absolute Gasteiger partial charge is 0.495 e. The number of benzene rings is 1. The fourth-order valence-electron chi connectivity index (χ4n) is 4.89. The SMILES string of the molecule is COc1ccc(C)cc1NC(=O)C1CCCN(c2ncnc3c2nc2n3CCCCC2)C1. The topological polar surface area (TPSA) is 85.2 Å². The third-order valence-electron chi connectivity index (χ3n) is 6.58. The lowest BCUT2D eigenvalue weighted by Crippen LogP contribution is -2.41. The predicted molar refractivity (Wildman–Crippen MR) is 124 cm³/mol. The molecule has 1 atom stereocenters. The first-order valence-corrected chi connectivity index (χ1v) is 11.5. The molecule has 1 unspecified atom stereocenters. The molecule has 0 spiro atoms. The molecule has 4 heterocycles. The number of aryl methyl sites for hydroxylation is 3. The number of nitrogens with zero attached hydrogens (tertiary/aromatic N) is 5. The molecule has 0 aliphatic carbocycles. The van der Waals surface area contributed by atoms with Gasteiger partial charge in [0.15, 0.2) is 17.0 Å². The van der Waals surface area contributed by atoms with Crippen LogP contribution in [0.1, 0.15) is 43.5 Å². The van der Waals surface area contributed by atoms with Crippen LogP contribution in [0.25, 0.3) is 11.2 Å². The number of methoxy groups -OCH3 is 1. The molecule has 1 aromatic carbocycles. The smallest absolute Gasteiger partial charge is 0.229 e. The van der Waals surface area contributed by atoms with Crippen molar-refractivity contribution in [3.05, 3.63) is 35.9 Å². The highest BCUT2D eigenvalue weighted by Crippen LogP contribution is 2.31. The van der Waals surface area contributed by atoms with Crippen molar-refractivity contribution in [2.45, 2.75) is 52.0 Å². The number of anilines is 2. The summed E-state index contributed by atoms with van der Waals surface area (Å²) in [6.45, 7) is 4.45. The Morgan fingerprint density at radius 2 is 2.06 bits per heavy atom. The first-order chi connectivity index (χ1) is 15.6. The van der Waals surface area contributed by atoms with Gasteiger partial charge in [0.1, 0.15) is 17.9 Å². The average Bonchev–Trinajstić information content (AvgIpc) is 3.00. The molecule has 2 aromatic heterocycles. The second-order valence-corrected chi connectivity index (χ2v) is 8.84. The van der Waals surface area contributed by atoms with Crippen molar-refractivity contribution in [1.82, 2.24) is 19.5 Å². The number of piperidine rings is 1. The molecule has 2 aliphatic rings. The molecule has 1 saturated heterocycles. The van der Waals surface area contributed by atoms with Gasteiger partial charge in [0.25, 0.3) is 0 Å². The molecule has 3 aromatic rings. The molecule has 32 heavy (non-hydrogen) atoms. The number of amides is 1. The standard InChI is InChI=1S/C24H30N6O2/c1-16-9-10-19(32-2)18(13-16)27-24(31)17-7-6-11-29(14-17)22-21-23(26-15-25-22)30-12-5-3-4-8-20(30)28-21/h9-10,13,15,17H,3-8,11-12,14H2,1-2H3,(H,27,31). The number of aromatic nitrogens is 4. The molecule has 8 heteroatoms. The number of carbonyl (C=O) groups excluding carboxylic acids is 1. The molecule has 0 radical (unpaired) electrons. The molecule has 2 aliphatic heterocycles. The predicted octanol–water partition coefficient (Wildman–Crippen LogP) is 3.72. The van der Waals surface area contributed by atoms with Gasteiger partial charge in [-0.05, 0) is 50.3 Å². The minimum atomic E-state index is -0.126. The number of rotatable bonds is 4. The van der Waals surface area contributed by atoms with Crippen LogP contribution in [-0.4, -0.2) is 45.6 Å². The Labute approximate surface area is 188 Å². The fraction of sp³-hybridized carbons (Fsp3) is 0.500. The molecule has 0 saturated carbocycles. The van der Waals surface area contributed by atoms with Crippen molar-refractivity contribution < 1.29 is 9.53 Å². The first-order valence-electron chi connectivity index (χ1n) is 11.5. The van der Waals surface area contributed by atoms with Gasteiger partial charge in [-0.2, -0.15) is 0 Å². The highest BCUT2D eigenvalue weighted by molar-refractivity contribution is 5.95. The van der Waals surface area contributed by atoms with Crippen molar-refractivity contribution in [2.24, 2.45) is 5.92 Å². The summed E-state index contributed by atoms with van der Waals surface area (Å²) in [6.07, 6.45) is 7.97. The molecule has 8 nitrogen and oxygen atoms in total. The zero-order chi connectivity index (χ0) is 22.1. The van der Waals surface area contributed by atoms with Crippen LogP contribution >= 0.6 is 0 Å². The number of hydrogen-bond donors (Lipinski definition) is 1. The number of nitrogens with one attached hydrogen (secondary N) is 1. The molecule has 168 valence electrons. The molecule has 0 bridgehead atoms. The van der Waals surface area contributed by atoms with E-state index in [9.17, 15) is 4.79 Å².